The molecule has 0 saturated carbocycles. The first-order chi connectivity index (χ1) is 12.7. The van der Waals surface area contributed by atoms with E-state index in [9.17, 15) is 9.59 Å². The summed E-state index contributed by atoms with van der Waals surface area (Å²) in [5.41, 5.74) is 1.23. The summed E-state index contributed by atoms with van der Waals surface area (Å²) in [6, 6.07) is 4.59. The molecule has 0 aliphatic rings. The summed E-state index contributed by atoms with van der Waals surface area (Å²) < 4.78 is 1.42. The number of amides is 3. The summed E-state index contributed by atoms with van der Waals surface area (Å²) >= 11 is 0. The fourth-order valence-corrected chi connectivity index (χ4v) is 2.17. The summed E-state index contributed by atoms with van der Waals surface area (Å²) in [5, 5.41) is 12.0. The van der Waals surface area contributed by atoms with Crippen molar-refractivity contribution in [1.29, 1.82) is 0 Å². The van der Waals surface area contributed by atoms with Gasteiger partial charge in [0.1, 0.15) is 18.5 Å². The van der Waals surface area contributed by atoms with Crippen LogP contribution in [-0.2, 0) is 0 Å². The normalized spacial score (nSPS) is 10.2. The van der Waals surface area contributed by atoms with Gasteiger partial charge >= 0.3 is 6.03 Å². The Morgan fingerprint density at radius 3 is 2.77 bits per heavy atom. The van der Waals surface area contributed by atoms with Gasteiger partial charge in [-0.2, -0.15) is 5.10 Å². The van der Waals surface area contributed by atoms with Crippen molar-refractivity contribution in [3.63, 3.8) is 0 Å². The lowest BCUT2D eigenvalue weighted by atomic mass is 10.2. The number of nitrogens with zero attached hydrogens (tertiary/aromatic N) is 5. The van der Waals surface area contributed by atoms with Gasteiger partial charge in [-0.1, -0.05) is 0 Å². The Labute approximate surface area is 148 Å². The molecule has 10 nitrogen and oxygen atoms in total. The summed E-state index contributed by atoms with van der Waals surface area (Å²) in [7, 11) is 0. The molecular formula is C16H16N8O2. The highest BCUT2D eigenvalue weighted by Crippen LogP contribution is 2.18. The quantitative estimate of drug-likeness (QED) is 0.638. The standard InChI is InChI=1S/C16H16N8O2/c1-2-19-16(26)23-14-6-13(24-10-18-9-21-24)12(8-20-14)15(25)22-11-4-3-5-17-7-11/h3-10H,2H2,1H3,(H,22,25)(H2,19,20,23,26). The van der Waals surface area contributed by atoms with Crippen molar-refractivity contribution in [1.82, 2.24) is 30.0 Å². The molecule has 3 amide bonds. The van der Waals surface area contributed by atoms with Gasteiger partial charge in [0.15, 0.2) is 0 Å². The minimum Gasteiger partial charge on any atom is -0.338 e. The maximum atomic E-state index is 12.6. The number of anilines is 2. The monoisotopic (exact) mass is 352 g/mol. The number of carbonyl (C=O) groups is 2. The maximum Gasteiger partial charge on any atom is 0.320 e. The van der Waals surface area contributed by atoms with Gasteiger partial charge in [0.05, 0.1) is 23.1 Å². The summed E-state index contributed by atoms with van der Waals surface area (Å²) in [4.78, 5) is 36.3. The molecule has 0 atom stereocenters. The fraction of sp³-hybridized carbons (Fsp3) is 0.125. The van der Waals surface area contributed by atoms with Crippen LogP contribution >= 0.6 is 0 Å². The van der Waals surface area contributed by atoms with E-state index in [-0.39, 0.29) is 17.3 Å². The van der Waals surface area contributed by atoms with E-state index in [1.165, 1.54) is 29.7 Å². The van der Waals surface area contributed by atoms with Crippen molar-refractivity contribution in [3.05, 3.63) is 55.0 Å². The predicted molar refractivity (Wildman–Crippen MR) is 94.0 cm³/mol. The van der Waals surface area contributed by atoms with Gasteiger partial charge in [0, 0.05) is 25.0 Å². The summed E-state index contributed by atoms with van der Waals surface area (Å²) in [6.45, 7) is 2.28. The van der Waals surface area contributed by atoms with Crippen LogP contribution in [0.15, 0.2) is 49.4 Å². The lowest BCUT2D eigenvalue weighted by Gasteiger charge is -2.12. The Hall–Kier alpha value is -3.82. The highest BCUT2D eigenvalue weighted by Gasteiger charge is 2.16. The van der Waals surface area contributed by atoms with E-state index in [4.69, 9.17) is 0 Å². The third kappa shape index (κ3) is 3.98. The lowest BCUT2D eigenvalue weighted by molar-refractivity contribution is 0.102. The Morgan fingerprint density at radius 2 is 2.08 bits per heavy atom. The lowest BCUT2D eigenvalue weighted by Crippen LogP contribution is -2.28. The third-order valence-corrected chi connectivity index (χ3v) is 3.29. The summed E-state index contributed by atoms with van der Waals surface area (Å²) in [6.07, 6.45) is 7.31. The van der Waals surface area contributed by atoms with E-state index < -0.39 is 6.03 Å². The topological polar surface area (TPSA) is 127 Å². The molecule has 3 N–H and O–H groups in total. The summed E-state index contributed by atoms with van der Waals surface area (Å²) in [5.74, 6) is -0.111. The van der Waals surface area contributed by atoms with Crippen molar-refractivity contribution in [3.8, 4) is 5.69 Å². The molecule has 0 saturated heterocycles. The van der Waals surface area contributed by atoms with Gasteiger partial charge in [-0.05, 0) is 19.1 Å². The zero-order valence-electron chi connectivity index (χ0n) is 13.9. The molecular weight excluding hydrogens is 336 g/mol. The Balaban J connectivity index is 1.91. The minimum atomic E-state index is -0.392. The van der Waals surface area contributed by atoms with Crippen LogP contribution in [0.3, 0.4) is 0 Å². The van der Waals surface area contributed by atoms with Crippen molar-refractivity contribution in [2.75, 3.05) is 17.2 Å². The second-order valence-corrected chi connectivity index (χ2v) is 5.11. The molecule has 26 heavy (non-hydrogen) atoms. The van der Waals surface area contributed by atoms with E-state index in [1.54, 1.807) is 31.3 Å². The van der Waals surface area contributed by atoms with Crippen LogP contribution in [0, 0.1) is 0 Å². The second kappa shape index (κ2) is 7.83. The second-order valence-electron chi connectivity index (χ2n) is 5.11. The average Bonchev–Trinajstić information content (AvgIpc) is 3.17. The van der Waals surface area contributed by atoms with Crippen molar-refractivity contribution < 1.29 is 9.59 Å². The van der Waals surface area contributed by atoms with Crippen molar-refractivity contribution >= 4 is 23.4 Å². The van der Waals surface area contributed by atoms with E-state index in [1.807, 2.05) is 0 Å². The maximum absolute atomic E-state index is 12.6. The average molecular weight is 352 g/mol. The van der Waals surface area contributed by atoms with E-state index in [0.717, 1.165) is 0 Å². The van der Waals surface area contributed by atoms with Gasteiger partial charge in [-0.3, -0.25) is 15.1 Å². The number of hydrogen-bond donors (Lipinski definition) is 3. The first-order valence-corrected chi connectivity index (χ1v) is 7.78. The molecule has 0 bridgehead atoms. The van der Waals surface area contributed by atoms with Crippen LogP contribution < -0.4 is 16.0 Å². The number of rotatable bonds is 5. The number of urea groups is 1. The highest BCUT2D eigenvalue weighted by molar-refractivity contribution is 6.06. The molecule has 0 aliphatic heterocycles. The molecule has 0 unspecified atom stereocenters. The molecule has 3 aromatic heterocycles. The van der Waals surface area contributed by atoms with Gasteiger partial charge in [0.2, 0.25) is 0 Å². The van der Waals surface area contributed by atoms with Crippen LogP contribution in [-0.4, -0.2) is 43.2 Å². The molecule has 0 fully saturated rings. The van der Waals surface area contributed by atoms with E-state index in [2.05, 4.69) is 36.0 Å². The minimum absolute atomic E-state index is 0.265. The molecule has 132 valence electrons. The van der Waals surface area contributed by atoms with Gasteiger partial charge in [-0.15, -0.1) is 0 Å². The molecule has 0 aliphatic carbocycles. The molecule has 0 spiro atoms. The van der Waals surface area contributed by atoms with E-state index in [0.29, 0.717) is 17.9 Å². The molecule has 0 aromatic carbocycles. The number of hydrogen-bond acceptors (Lipinski definition) is 6. The zero-order valence-corrected chi connectivity index (χ0v) is 13.9. The number of aromatic nitrogens is 5. The molecule has 3 aromatic rings. The fourth-order valence-electron chi connectivity index (χ4n) is 2.17. The highest BCUT2D eigenvalue weighted by atomic mass is 16.2. The first kappa shape index (κ1) is 17.0. The van der Waals surface area contributed by atoms with Crippen LogP contribution in [0.4, 0.5) is 16.3 Å². The van der Waals surface area contributed by atoms with Gasteiger partial charge in [0.25, 0.3) is 5.91 Å². The number of nitrogens with one attached hydrogen (secondary N) is 3. The zero-order chi connectivity index (χ0) is 18.4. The Bertz CT molecular complexity index is 896. The first-order valence-electron chi connectivity index (χ1n) is 7.78. The number of pyridine rings is 2. The van der Waals surface area contributed by atoms with Crippen LogP contribution in [0.1, 0.15) is 17.3 Å². The van der Waals surface area contributed by atoms with Crippen molar-refractivity contribution in [2.24, 2.45) is 0 Å². The predicted octanol–water partition coefficient (Wildman–Crippen LogP) is 1.45. The molecule has 0 radical (unpaired) electrons. The smallest absolute Gasteiger partial charge is 0.320 e. The number of carbonyl (C=O) groups excluding carboxylic acids is 2. The Kier molecular flexibility index (Phi) is 5.13. The van der Waals surface area contributed by atoms with Gasteiger partial charge in [-0.25, -0.2) is 19.4 Å². The molecule has 10 heteroatoms. The molecule has 3 heterocycles. The molecule has 3 rings (SSSR count). The van der Waals surface area contributed by atoms with Gasteiger partial charge < -0.3 is 10.6 Å². The van der Waals surface area contributed by atoms with E-state index >= 15 is 0 Å². The third-order valence-electron chi connectivity index (χ3n) is 3.29. The Morgan fingerprint density at radius 1 is 1.19 bits per heavy atom. The van der Waals surface area contributed by atoms with Crippen molar-refractivity contribution in [2.45, 2.75) is 6.92 Å². The largest absolute Gasteiger partial charge is 0.338 e. The SMILES string of the molecule is CCNC(=O)Nc1cc(-n2cncn2)c(C(=O)Nc2cccnc2)cn1. The van der Waals surface area contributed by atoms with Crippen LogP contribution in [0.25, 0.3) is 5.69 Å². The van der Waals surface area contributed by atoms with Crippen LogP contribution in [0.5, 0.6) is 0 Å². The van der Waals surface area contributed by atoms with Crippen LogP contribution in [0.2, 0.25) is 0 Å².